The zero-order valence-electron chi connectivity index (χ0n) is 6.76. The van der Waals surface area contributed by atoms with Crippen molar-refractivity contribution in [2.75, 3.05) is 0 Å². The van der Waals surface area contributed by atoms with Gasteiger partial charge in [-0.25, -0.2) is 4.79 Å². The van der Waals surface area contributed by atoms with Crippen LogP contribution in [0.5, 0.6) is 0 Å². The molecule has 11 heavy (non-hydrogen) atoms. The average Bonchev–Trinajstić information content (AvgIpc) is 1.80. The summed E-state index contributed by atoms with van der Waals surface area (Å²) in [6.07, 6.45) is -0.582. The van der Waals surface area contributed by atoms with Gasteiger partial charge in [0.2, 0.25) is 0 Å². The van der Waals surface area contributed by atoms with Crippen LogP contribution in [0.15, 0.2) is 0 Å². The highest BCUT2D eigenvalue weighted by molar-refractivity contribution is 5.68. The summed E-state index contributed by atoms with van der Waals surface area (Å²) in [5, 5.41) is 9.57. The van der Waals surface area contributed by atoms with E-state index in [-0.39, 0.29) is 0 Å². The molecular weight excluding hydrogens is 148 g/mol. The van der Waals surface area contributed by atoms with Gasteiger partial charge in [-0.1, -0.05) is 0 Å². The van der Waals surface area contributed by atoms with Crippen molar-refractivity contribution in [3.05, 3.63) is 0 Å². The van der Waals surface area contributed by atoms with Crippen molar-refractivity contribution in [2.45, 2.75) is 32.1 Å². The molecule has 0 aromatic carbocycles. The van der Waals surface area contributed by atoms with Crippen molar-refractivity contribution in [1.29, 1.82) is 0 Å². The first-order valence-corrected chi connectivity index (χ1v) is 3.34. The van der Waals surface area contributed by atoms with E-state index in [4.69, 9.17) is 4.74 Å². The van der Waals surface area contributed by atoms with Crippen LogP contribution in [0.1, 0.15) is 20.8 Å². The molecule has 0 saturated carbocycles. The van der Waals surface area contributed by atoms with Crippen LogP contribution in [0.25, 0.3) is 0 Å². The SMILES string of the molecule is CC1(O)NNC(=O)OC1(C)C. The lowest BCUT2D eigenvalue weighted by Gasteiger charge is -2.43. The van der Waals surface area contributed by atoms with Crippen LogP contribution in [-0.4, -0.2) is 22.5 Å². The number of carbonyl (C=O) groups excluding carboxylic acids is 1. The Labute approximate surface area is 64.7 Å². The number of carbonyl (C=O) groups is 1. The predicted octanol–water partition coefficient (Wildman–Crippen LogP) is -0.282. The first-order valence-electron chi connectivity index (χ1n) is 3.34. The van der Waals surface area contributed by atoms with E-state index in [1.54, 1.807) is 13.8 Å². The standard InChI is InChI=1S/C6H12N2O3/c1-5(2)6(3,10)8-7-4(9)11-5/h8,10H,1-3H3,(H,7,9). The Hall–Kier alpha value is -0.810. The maximum absolute atomic E-state index is 10.7. The number of cyclic esters (lactones) is 1. The summed E-state index contributed by atoms with van der Waals surface area (Å²) in [4.78, 5) is 10.7. The molecule has 0 aliphatic carbocycles. The lowest BCUT2D eigenvalue weighted by Crippen LogP contribution is -2.69. The van der Waals surface area contributed by atoms with Crippen molar-refractivity contribution in [2.24, 2.45) is 0 Å². The van der Waals surface area contributed by atoms with Gasteiger partial charge in [-0.15, -0.1) is 0 Å². The van der Waals surface area contributed by atoms with Crippen LogP contribution in [0, 0.1) is 0 Å². The van der Waals surface area contributed by atoms with Gasteiger partial charge < -0.3 is 9.84 Å². The van der Waals surface area contributed by atoms with E-state index in [0.717, 1.165) is 0 Å². The molecule has 0 aromatic rings. The van der Waals surface area contributed by atoms with Gasteiger partial charge in [-0.2, -0.15) is 5.43 Å². The third-order valence-corrected chi connectivity index (χ3v) is 1.93. The van der Waals surface area contributed by atoms with E-state index in [9.17, 15) is 9.90 Å². The quantitative estimate of drug-likeness (QED) is 0.455. The van der Waals surface area contributed by atoms with Crippen LogP contribution in [0.4, 0.5) is 4.79 Å². The Morgan fingerprint density at radius 1 is 1.45 bits per heavy atom. The molecule has 1 rings (SSSR count). The van der Waals surface area contributed by atoms with Crippen molar-refractivity contribution in [3.63, 3.8) is 0 Å². The number of nitrogens with one attached hydrogen (secondary N) is 2. The zero-order valence-corrected chi connectivity index (χ0v) is 6.76. The fourth-order valence-electron chi connectivity index (χ4n) is 0.680. The highest BCUT2D eigenvalue weighted by Gasteiger charge is 2.46. The van der Waals surface area contributed by atoms with Crippen LogP contribution in [0.2, 0.25) is 0 Å². The molecule has 1 amide bonds. The monoisotopic (exact) mass is 160 g/mol. The predicted molar refractivity (Wildman–Crippen MR) is 37.5 cm³/mol. The molecule has 1 aliphatic rings. The van der Waals surface area contributed by atoms with Gasteiger partial charge in [0.25, 0.3) is 0 Å². The van der Waals surface area contributed by atoms with Gasteiger partial charge in [0, 0.05) is 0 Å². The van der Waals surface area contributed by atoms with E-state index in [0.29, 0.717) is 0 Å². The second kappa shape index (κ2) is 2.09. The molecule has 1 fully saturated rings. The lowest BCUT2D eigenvalue weighted by molar-refractivity contribution is -0.169. The van der Waals surface area contributed by atoms with Crippen molar-refractivity contribution in [1.82, 2.24) is 10.9 Å². The van der Waals surface area contributed by atoms with Gasteiger partial charge in [0.15, 0.2) is 11.3 Å². The molecule has 0 bridgehead atoms. The molecule has 1 atom stereocenters. The molecule has 1 heterocycles. The number of ether oxygens (including phenoxy) is 1. The van der Waals surface area contributed by atoms with E-state index in [2.05, 4.69) is 10.9 Å². The smallest absolute Gasteiger partial charge is 0.422 e. The van der Waals surface area contributed by atoms with Gasteiger partial charge in [0.1, 0.15) is 0 Å². The Balaban J connectivity index is 2.80. The molecule has 0 radical (unpaired) electrons. The molecule has 1 aliphatic heterocycles. The summed E-state index contributed by atoms with van der Waals surface area (Å²) < 4.78 is 4.83. The highest BCUT2D eigenvalue weighted by Crippen LogP contribution is 2.24. The summed E-state index contributed by atoms with van der Waals surface area (Å²) in [5.74, 6) is 0. The second-order valence-corrected chi connectivity index (χ2v) is 3.22. The maximum Gasteiger partial charge on any atom is 0.422 e. The van der Waals surface area contributed by atoms with Crippen molar-refractivity contribution >= 4 is 6.09 Å². The van der Waals surface area contributed by atoms with E-state index < -0.39 is 17.4 Å². The first-order chi connectivity index (χ1) is 4.85. The molecule has 0 aromatic heterocycles. The zero-order chi connectivity index (χ0) is 8.70. The number of hydrazine groups is 1. The van der Waals surface area contributed by atoms with Gasteiger partial charge in [-0.05, 0) is 20.8 Å². The number of rotatable bonds is 0. The second-order valence-electron chi connectivity index (χ2n) is 3.22. The summed E-state index contributed by atoms with van der Waals surface area (Å²) in [5.41, 5.74) is 2.43. The van der Waals surface area contributed by atoms with Crippen LogP contribution in [-0.2, 0) is 4.74 Å². The van der Waals surface area contributed by atoms with E-state index in [1.807, 2.05) is 0 Å². The van der Waals surface area contributed by atoms with Gasteiger partial charge in [-0.3, -0.25) is 5.43 Å². The highest BCUT2D eigenvalue weighted by atomic mass is 16.6. The van der Waals surface area contributed by atoms with Crippen LogP contribution >= 0.6 is 0 Å². The molecule has 5 nitrogen and oxygen atoms in total. The molecular formula is C6H12N2O3. The van der Waals surface area contributed by atoms with E-state index >= 15 is 0 Å². The summed E-state index contributed by atoms with van der Waals surface area (Å²) >= 11 is 0. The Kier molecular flexibility index (Phi) is 1.57. The first kappa shape index (κ1) is 8.29. The number of aliphatic hydroxyl groups is 1. The van der Waals surface area contributed by atoms with Crippen molar-refractivity contribution in [3.8, 4) is 0 Å². The number of hydrogen-bond donors (Lipinski definition) is 3. The van der Waals surface area contributed by atoms with Crippen molar-refractivity contribution < 1.29 is 14.6 Å². The van der Waals surface area contributed by atoms with E-state index in [1.165, 1.54) is 6.92 Å². The maximum atomic E-state index is 10.7. The van der Waals surface area contributed by atoms with Crippen LogP contribution < -0.4 is 10.9 Å². The fraction of sp³-hybridized carbons (Fsp3) is 0.833. The minimum Gasteiger partial charge on any atom is -0.438 e. The summed E-state index contributed by atoms with van der Waals surface area (Å²) in [6, 6.07) is 0. The topological polar surface area (TPSA) is 70.6 Å². The van der Waals surface area contributed by atoms with Gasteiger partial charge >= 0.3 is 6.09 Å². The minimum absolute atomic E-state index is 0.582. The molecule has 1 saturated heterocycles. The molecule has 3 N–H and O–H groups in total. The fourth-order valence-corrected chi connectivity index (χ4v) is 0.680. The molecule has 5 heteroatoms. The number of hydrogen-bond acceptors (Lipinski definition) is 4. The van der Waals surface area contributed by atoms with Gasteiger partial charge in [0.05, 0.1) is 0 Å². The summed E-state index contributed by atoms with van der Waals surface area (Å²) in [7, 11) is 0. The number of amides is 1. The van der Waals surface area contributed by atoms with Crippen LogP contribution in [0.3, 0.4) is 0 Å². The largest absolute Gasteiger partial charge is 0.438 e. The molecule has 64 valence electrons. The Morgan fingerprint density at radius 2 is 2.00 bits per heavy atom. The Morgan fingerprint density at radius 3 is 2.36 bits per heavy atom. The molecule has 1 unspecified atom stereocenters. The third-order valence-electron chi connectivity index (χ3n) is 1.93. The Bertz CT molecular complexity index is 188. The summed E-state index contributed by atoms with van der Waals surface area (Å²) in [6.45, 7) is 4.77. The third kappa shape index (κ3) is 1.29. The normalized spacial score (nSPS) is 35.8. The molecule has 0 spiro atoms. The average molecular weight is 160 g/mol. The lowest BCUT2D eigenvalue weighted by atomic mass is 9.96. The minimum atomic E-state index is -1.25.